The van der Waals surface area contributed by atoms with Crippen molar-refractivity contribution in [3.05, 3.63) is 23.8 Å². The van der Waals surface area contributed by atoms with Gasteiger partial charge in [0.2, 0.25) is 0 Å². The first kappa shape index (κ1) is 22.9. The summed E-state index contributed by atoms with van der Waals surface area (Å²) in [5.74, 6) is 1.94. The molecule has 4 atom stereocenters. The second kappa shape index (κ2) is 9.15. The van der Waals surface area contributed by atoms with Gasteiger partial charge in [0.05, 0.1) is 19.8 Å². The normalized spacial score (nSPS) is 26.0. The minimum Gasteiger partial charge on any atom is -0.493 e. The number of hydrogen-bond donors (Lipinski definition) is 2. The van der Waals surface area contributed by atoms with Crippen molar-refractivity contribution in [2.45, 2.75) is 65.1 Å². The number of aliphatic hydroxyl groups excluding tert-OH is 2. The number of benzene rings is 1. The quantitative estimate of drug-likeness (QED) is 0.643. The smallest absolute Gasteiger partial charge is 0.251 e. The molecule has 2 N–H and O–H groups in total. The van der Waals surface area contributed by atoms with Crippen molar-refractivity contribution in [1.82, 2.24) is 4.90 Å². The highest BCUT2D eigenvalue weighted by Gasteiger charge is 2.49. The molecule has 0 radical (unpaired) electrons. The van der Waals surface area contributed by atoms with Crippen molar-refractivity contribution in [2.75, 3.05) is 26.8 Å². The molecule has 1 amide bonds. The summed E-state index contributed by atoms with van der Waals surface area (Å²) in [5, 5.41) is 21.0. The molecule has 0 spiro atoms. The van der Waals surface area contributed by atoms with Crippen LogP contribution in [0.25, 0.3) is 0 Å². The maximum Gasteiger partial charge on any atom is 0.251 e. The molecule has 1 saturated heterocycles. The summed E-state index contributed by atoms with van der Waals surface area (Å²) in [4.78, 5) is 14.6. The summed E-state index contributed by atoms with van der Waals surface area (Å²) in [6.07, 6.45) is 1.24. The zero-order valence-corrected chi connectivity index (χ0v) is 18.9. The molecule has 1 aliphatic carbocycles. The Morgan fingerprint density at radius 3 is 2.50 bits per heavy atom. The summed E-state index contributed by atoms with van der Waals surface area (Å²) in [7, 11) is 1.63. The predicted octanol–water partition coefficient (Wildman–Crippen LogP) is 3.20. The number of aliphatic hydroxyl groups is 2. The minimum atomic E-state index is -1.00. The van der Waals surface area contributed by atoms with E-state index in [1.54, 1.807) is 18.9 Å². The lowest BCUT2D eigenvalue weighted by Crippen LogP contribution is -2.41. The van der Waals surface area contributed by atoms with Gasteiger partial charge in [-0.3, -0.25) is 4.79 Å². The van der Waals surface area contributed by atoms with E-state index >= 15 is 0 Å². The van der Waals surface area contributed by atoms with Gasteiger partial charge < -0.3 is 24.6 Å². The van der Waals surface area contributed by atoms with Gasteiger partial charge in [-0.15, -0.1) is 0 Å². The Kier molecular flexibility index (Phi) is 6.98. The van der Waals surface area contributed by atoms with Crippen molar-refractivity contribution >= 4 is 5.91 Å². The largest absolute Gasteiger partial charge is 0.493 e. The average Bonchev–Trinajstić information content (AvgIpc) is 3.45. The Hall–Kier alpha value is -1.79. The van der Waals surface area contributed by atoms with Crippen molar-refractivity contribution in [2.24, 2.45) is 17.3 Å². The zero-order valence-electron chi connectivity index (χ0n) is 18.9. The summed E-state index contributed by atoms with van der Waals surface area (Å²) in [5.41, 5.74) is 0.494. The highest BCUT2D eigenvalue weighted by Crippen LogP contribution is 2.47. The number of hydrogen-bond acceptors (Lipinski definition) is 5. The Bertz CT molecular complexity index is 745. The Balaban J connectivity index is 1.84. The van der Waals surface area contributed by atoms with Crippen molar-refractivity contribution in [3.63, 3.8) is 0 Å². The van der Waals surface area contributed by atoms with E-state index < -0.39 is 17.6 Å². The van der Waals surface area contributed by atoms with Crippen LogP contribution in [0.2, 0.25) is 0 Å². The molecule has 3 rings (SSSR count). The lowest BCUT2D eigenvalue weighted by molar-refractivity contribution is -0.140. The number of ether oxygens (including phenoxy) is 2. The van der Waals surface area contributed by atoms with Gasteiger partial charge in [0.25, 0.3) is 5.91 Å². The number of carbonyl (C=O) groups excluding carboxylic acids is 1. The standard InChI is InChI=1S/C24H37NO5/c1-15(2)10-20(27)23(28)25-12-19(24(4,14-25)16(3)26)18-8-9-21(29-5)22(11-18)30-13-17-6-7-17/h8-9,11,15-17,19-20,26-27H,6-7,10,12-14H2,1-5H3/t16-,19+,20+,24+/m1/s1. The first-order chi connectivity index (χ1) is 14.2. The van der Waals surface area contributed by atoms with Crippen molar-refractivity contribution in [1.29, 1.82) is 0 Å². The first-order valence-corrected chi connectivity index (χ1v) is 11.1. The number of amides is 1. The second-order valence-corrected chi connectivity index (χ2v) is 9.76. The highest BCUT2D eigenvalue weighted by atomic mass is 16.5. The second-order valence-electron chi connectivity index (χ2n) is 9.76. The van der Waals surface area contributed by atoms with Crippen molar-refractivity contribution in [3.8, 4) is 11.5 Å². The summed E-state index contributed by atoms with van der Waals surface area (Å²) in [6.45, 7) is 9.33. The molecule has 0 unspecified atom stereocenters. The van der Waals surface area contributed by atoms with Crippen LogP contribution in [0.4, 0.5) is 0 Å². The van der Waals surface area contributed by atoms with Crippen LogP contribution in [0, 0.1) is 17.3 Å². The third-order valence-corrected chi connectivity index (χ3v) is 6.74. The molecule has 168 valence electrons. The lowest BCUT2D eigenvalue weighted by Gasteiger charge is -2.34. The molecule has 0 aromatic heterocycles. The molecule has 1 heterocycles. The Morgan fingerprint density at radius 1 is 1.23 bits per heavy atom. The van der Waals surface area contributed by atoms with Crippen LogP contribution in [-0.2, 0) is 4.79 Å². The maximum atomic E-state index is 12.9. The fourth-order valence-corrected chi connectivity index (χ4v) is 4.37. The van der Waals surface area contributed by atoms with Gasteiger partial charge in [0, 0.05) is 24.4 Å². The predicted molar refractivity (Wildman–Crippen MR) is 116 cm³/mol. The molecular weight excluding hydrogens is 382 g/mol. The first-order valence-electron chi connectivity index (χ1n) is 11.1. The molecule has 2 fully saturated rings. The molecule has 1 saturated carbocycles. The van der Waals surface area contributed by atoms with E-state index in [1.165, 1.54) is 12.8 Å². The van der Waals surface area contributed by atoms with Gasteiger partial charge in [0.1, 0.15) is 6.10 Å². The average molecular weight is 420 g/mol. The van der Waals surface area contributed by atoms with Crippen LogP contribution >= 0.6 is 0 Å². The monoisotopic (exact) mass is 419 g/mol. The van der Waals surface area contributed by atoms with E-state index in [4.69, 9.17) is 9.47 Å². The van der Waals surface area contributed by atoms with Gasteiger partial charge in [-0.25, -0.2) is 0 Å². The number of nitrogens with zero attached hydrogens (tertiary/aromatic N) is 1. The van der Waals surface area contributed by atoms with E-state index in [0.29, 0.717) is 43.5 Å². The fraction of sp³-hybridized carbons (Fsp3) is 0.708. The molecule has 30 heavy (non-hydrogen) atoms. The Labute approximate surface area is 180 Å². The molecule has 1 aliphatic heterocycles. The summed E-state index contributed by atoms with van der Waals surface area (Å²) < 4.78 is 11.5. The number of methoxy groups -OCH3 is 1. The summed E-state index contributed by atoms with van der Waals surface area (Å²) >= 11 is 0. The zero-order chi connectivity index (χ0) is 22.1. The minimum absolute atomic E-state index is 0.0677. The molecule has 1 aromatic carbocycles. The van der Waals surface area contributed by atoms with Gasteiger partial charge in [-0.05, 0) is 55.7 Å². The van der Waals surface area contributed by atoms with Crippen LogP contribution in [-0.4, -0.2) is 60.0 Å². The number of likely N-dealkylation sites (tertiary alicyclic amines) is 1. The topological polar surface area (TPSA) is 79.2 Å². The third-order valence-electron chi connectivity index (χ3n) is 6.74. The van der Waals surface area contributed by atoms with Crippen LogP contribution in [0.1, 0.15) is 58.4 Å². The summed E-state index contributed by atoms with van der Waals surface area (Å²) in [6, 6.07) is 5.88. The molecule has 0 bridgehead atoms. The Morgan fingerprint density at radius 2 is 1.93 bits per heavy atom. The van der Waals surface area contributed by atoms with Gasteiger partial charge in [-0.2, -0.15) is 0 Å². The lowest BCUT2D eigenvalue weighted by atomic mass is 9.72. The van der Waals surface area contributed by atoms with Gasteiger partial charge in [-0.1, -0.05) is 26.8 Å². The molecule has 1 aromatic rings. The molecule has 6 heteroatoms. The molecule has 6 nitrogen and oxygen atoms in total. The highest BCUT2D eigenvalue weighted by molar-refractivity contribution is 5.81. The van der Waals surface area contributed by atoms with Crippen LogP contribution in [0.5, 0.6) is 11.5 Å². The maximum absolute atomic E-state index is 12.9. The van der Waals surface area contributed by atoms with E-state index in [1.807, 2.05) is 39.0 Å². The van der Waals surface area contributed by atoms with Crippen molar-refractivity contribution < 1.29 is 24.5 Å². The van der Waals surface area contributed by atoms with Gasteiger partial charge >= 0.3 is 0 Å². The van der Waals surface area contributed by atoms with Gasteiger partial charge in [0.15, 0.2) is 11.5 Å². The molecular formula is C24H37NO5. The molecule has 2 aliphatic rings. The number of carbonyl (C=O) groups is 1. The van der Waals surface area contributed by atoms with E-state index in [2.05, 4.69) is 0 Å². The van der Waals surface area contributed by atoms with Crippen LogP contribution < -0.4 is 9.47 Å². The van der Waals surface area contributed by atoms with Crippen LogP contribution in [0.3, 0.4) is 0 Å². The third kappa shape index (κ3) is 4.92. The number of rotatable bonds is 9. The van der Waals surface area contributed by atoms with Crippen LogP contribution in [0.15, 0.2) is 18.2 Å². The SMILES string of the molecule is COc1ccc([C@@H]2CN(C(=O)[C@@H](O)CC(C)C)C[C@@]2(C)[C@@H](C)O)cc1OCC1CC1. The van der Waals surface area contributed by atoms with E-state index in [9.17, 15) is 15.0 Å². The van der Waals surface area contributed by atoms with E-state index in [-0.39, 0.29) is 17.7 Å². The fourth-order valence-electron chi connectivity index (χ4n) is 4.37. The van der Waals surface area contributed by atoms with E-state index in [0.717, 1.165) is 5.56 Å².